The average molecular weight is 427 g/mol. The quantitative estimate of drug-likeness (QED) is 0.453. The molecule has 0 saturated carbocycles. The number of nitrogens with zero attached hydrogens (tertiary/aromatic N) is 6. The van der Waals surface area contributed by atoms with Crippen molar-refractivity contribution in [1.29, 1.82) is 0 Å². The maximum atomic E-state index is 13.6. The summed E-state index contributed by atoms with van der Waals surface area (Å²) in [5, 5.41) is 10.2. The number of rotatable bonds is 3. The summed E-state index contributed by atoms with van der Waals surface area (Å²) in [5.74, 6) is 2.38. The molecule has 3 aromatic heterocycles. The van der Waals surface area contributed by atoms with E-state index in [9.17, 15) is 4.39 Å². The van der Waals surface area contributed by atoms with Crippen molar-refractivity contribution in [1.82, 2.24) is 34.5 Å². The van der Waals surface area contributed by atoms with Crippen LogP contribution in [0.3, 0.4) is 0 Å². The molecule has 7 nitrogen and oxygen atoms in total. The number of hydrogen-bond acceptors (Lipinski definition) is 4. The van der Waals surface area contributed by atoms with E-state index in [0.717, 1.165) is 64.4 Å². The van der Waals surface area contributed by atoms with Crippen LogP contribution < -0.4 is 0 Å². The summed E-state index contributed by atoms with van der Waals surface area (Å²) in [6.45, 7) is 4.73. The predicted molar refractivity (Wildman–Crippen MR) is 119 cm³/mol. The smallest absolute Gasteiger partial charge is 0.197 e. The van der Waals surface area contributed by atoms with Crippen molar-refractivity contribution in [3.8, 4) is 17.2 Å². The van der Waals surface area contributed by atoms with Crippen LogP contribution >= 0.6 is 0 Å². The first kappa shape index (κ1) is 18.9. The lowest BCUT2D eigenvalue weighted by Gasteiger charge is -2.23. The molecule has 0 radical (unpaired) electrons. The van der Waals surface area contributed by atoms with Gasteiger partial charge in [0.2, 0.25) is 0 Å². The summed E-state index contributed by atoms with van der Waals surface area (Å²) in [6.07, 6.45) is 3.56. The molecule has 6 rings (SSSR count). The molecule has 160 valence electrons. The Labute approximate surface area is 183 Å². The molecule has 32 heavy (non-hydrogen) atoms. The fourth-order valence-electron chi connectivity index (χ4n) is 4.71. The molecular weight excluding hydrogens is 405 g/mol. The van der Waals surface area contributed by atoms with E-state index in [4.69, 9.17) is 10.1 Å². The highest BCUT2D eigenvalue weighted by Crippen LogP contribution is 2.35. The Bertz CT molecular complexity index is 1460. The normalized spacial score (nSPS) is 15.9. The summed E-state index contributed by atoms with van der Waals surface area (Å²) < 4.78 is 17.4. The molecule has 4 heterocycles. The molecule has 0 bridgehead atoms. The molecule has 1 aliphatic rings. The number of halogens is 1. The molecule has 1 N–H and O–H groups in total. The molecule has 8 heteroatoms. The van der Waals surface area contributed by atoms with Crippen LogP contribution in [-0.2, 0) is 6.54 Å². The van der Waals surface area contributed by atoms with Crippen LogP contribution in [0.5, 0.6) is 0 Å². The molecule has 0 fully saturated rings. The van der Waals surface area contributed by atoms with Crippen molar-refractivity contribution in [2.75, 3.05) is 0 Å². The molecule has 1 aliphatic heterocycles. The second-order valence-electron chi connectivity index (χ2n) is 8.39. The summed E-state index contributed by atoms with van der Waals surface area (Å²) >= 11 is 0. The first-order valence-corrected chi connectivity index (χ1v) is 10.8. The first-order chi connectivity index (χ1) is 15.6. The molecule has 0 spiro atoms. The molecule has 5 aromatic rings. The van der Waals surface area contributed by atoms with Gasteiger partial charge < -0.3 is 4.98 Å². The van der Waals surface area contributed by atoms with E-state index >= 15 is 0 Å². The van der Waals surface area contributed by atoms with E-state index in [1.54, 1.807) is 12.4 Å². The lowest BCUT2D eigenvalue weighted by Crippen LogP contribution is -2.18. The zero-order valence-corrected chi connectivity index (χ0v) is 17.9. The van der Waals surface area contributed by atoms with Crippen molar-refractivity contribution in [3.63, 3.8) is 0 Å². The molecular formula is C24H22FN7. The van der Waals surface area contributed by atoms with Gasteiger partial charge in [0.05, 0.1) is 11.4 Å². The standard InChI is InChI=1S/C24H22FN7/c1-14-10-17(25)5-7-19(14)20-4-3-9-31-24(20)29-23(30-31)22-12-16-11-18(6-8-21(16)28-22)32-15(2)26-13-27-32/h5-8,10-13,20,28H,3-4,9H2,1-2H3. The summed E-state index contributed by atoms with van der Waals surface area (Å²) in [4.78, 5) is 12.6. The first-order valence-electron chi connectivity index (χ1n) is 10.8. The van der Waals surface area contributed by atoms with E-state index in [1.807, 2.05) is 41.4 Å². The Morgan fingerprint density at radius 1 is 1.09 bits per heavy atom. The Morgan fingerprint density at radius 2 is 2.00 bits per heavy atom. The van der Waals surface area contributed by atoms with Gasteiger partial charge in [0.1, 0.15) is 23.8 Å². The number of H-pyrrole nitrogens is 1. The van der Waals surface area contributed by atoms with Gasteiger partial charge in [-0.3, -0.25) is 0 Å². The molecule has 0 saturated heterocycles. The monoisotopic (exact) mass is 427 g/mol. The number of fused-ring (bicyclic) bond motifs is 2. The van der Waals surface area contributed by atoms with Crippen LogP contribution in [0, 0.1) is 19.7 Å². The molecule has 0 amide bonds. The second kappa shape index (κ2) is 7.12. The van der Waals surface area contributed by atoms with Crippen molar-refractivity contribution in [2.24, 2.45) is 0 Å². The van der Waals surface area contributed by atoms with Gasteiger partial charge in [0, 0.05) is 23.4 Å². The third-order valence-corrected chi connectivity index (χ3v) is 6.29. The Balaban J connectivity index is 1.39. The molecule has 2 aromatic carbocycles. The van der Waals surface area contributed by atoms with E-state index in [2.05, 4.69) is 27.2 Å². The topological polar surface area (TPSA) is 77.2 Å². The van der Waals surface area contributed by atoms with Crippen LogP contribution in [0.4, 0.5) is 4.39 Å². The SMILES string of the molecule is Cc1cc(F)ccc1C1CCCn2nc(-c3cc4cc(-n5ncnc5C)ccc4[nH]3)nc21. The van der Waals surface area contributed by atoms with Crippen LogP contribution in [0.15, 0.2) is 48.8 Å². The predicted octanol–water partition coefficient (Wildman–Crippen LogP) is 4.69. The van der Waals surface area contributed by atoms with Crippen LogP contribution in [0.25, 0.3) is 28.1 Å². The molecule has 0 aliphatic carbocycles. The summed E-state index contributed by atoms with van der Waals surface area (Å²) in [5.41, 5.74) is 4.93. The Morgan fingerprint density at radius 3 is 2.81 bits per heavy atom. The van der Waals surface area contributed by atoms with E-state index < -0.39 is 0 Å². The van der Waals surface area contributed by atoms with Gasteiger partial charge in [-0.2, -0.15) is 5.10 Å². The fraction of sp³-hybridized carbons (Fsp3) is 0.250. The van der Waals surface area contributed by atoms with E-state index in [-0.39, 0.29) is 11.7 Å². The van der Waals surface area contributed by atoms with Gasteiger partial charge in [0.15, 0.2) is 5.82 Å². The third-order valence-electron chi connectivity index (χ3n) is 6.29. The maximum Gasteiger partial charge on any atom is 0.197 e. The van der Waals surface area contributed by atoms with Crippen LogP contribution in [-0.4, -0.2) is 34.5 Å². The van der Waals surface area contributed by atoms with Crippen molar-refractivity contribution < 1.29 is 4.39 Å². The van der Waals surface area contributed by atoms with Crippen LogP contribution in [0.1, 0.15) is 41.5 Å². The third kappa shape index (κ3) is 3.02. The Hall–Kier alpha value is -3.81. The minimum absolute atomic E-state index is 0.122. The van der Waals surface area contributed by atoms with Crippen molar-refractivity contribution in [3.05, 3.63) is 77.4 Å². The van der Waals surface area contributed by atoms with Crippen molar-refractivity contribution >= 4 is 10.9 Å². The highest BCUT2D eigenvalue weighted by molar-refractivity contribution is 5.86. The second-order valence-corrected chi connectivity index (χ2v) is 8.39. The lowest BCUT2D eigenvalue weighted by molar-refractivity contribution is 0.445. The van der Waals surface area contributed by atoms with Gasteiger partial charge in [-0.15, -0.1) is 5.10 Å². The fourth-order valence-corrected chi connectivity index (χ4v) is 4.71. The Kier molecular flexibility index (Phi) is 4.21. The zero-order valence-electron chi connectivity index (χ0n) is 17.9. The highest BCUT2D eigenvalue weighted by Gasteiger charge is 2.27. The minimum atomic E-state index is -0.206. The lowest BCUT2D eigenvalue weighted by atomic mass is 9.88. The zero-order chi connectivity index (χ0) is 21.8. The van der Waals surface area contributed by atoms with E-state index in [0.29, 0.717) is 5.82 Å². The molecule has 1 unspecified atom stereocenters. The number of aromatic nitrogens is 7. The summed E-state index contributed by atoms with van der Waals surface area (Å²) in [7, 11) is 0. The van der Waals surface area contributed by atoms with Gasteiger partial charge in [-0.05, 0) is 74.2 Å². The number of nitrogens with one attached hydrogen (secondary N) is 1. The van der Waals surface area contributed by atoms with Gasteiger partial charge >= 0.3 is 0 Å². The van der Waals surface area contributed by atoms with Gasteiger partial charge in [-0.25, -0.2) is 23.7 Å². The van der Waals surface area contributed by atoms with E-state index in [1.165, 1.54) is 6.07 Å². The van der Waals surface area contributed by atoms with Gasteiger partial charge in [0.25, 0.3) is 0 Å². The minimum Gasteiger partial charge on any atom is -0.352 e. The highest BCUT2D eigenvalue weighted by atomic mass is 19.1. The van der Waals surface area contributed by atoms with Crippen molar-refractivity contribution in [2.45, 2.75) is 39.2 Å². The largest absolute Gasteiger partial charge is 0.352 e. The number of benzene rings is 2. The summed E-state index contributed by atoms with van der Waals surface area (Å²) in [6, 6.07) is 13.2. The maximum absolute atomic E-state index is 13.6. The average Bonchev–Trinajstić information content (AvgIpc) is 3.50. The van der Waals surface area contributed by atoms with Crippen LogP contribution in [0.2, 0.25) is 0 Å². The number of aromatic amines is 1. The molecule has 1 atom stereocenters. The van der Waals surface area contributed by atoms with Gasteiger partial charge in [-0.1, -0.05) is 6.07 Å². The number of hydrogen-bond donors (Lipinski definition) is 1. The number of aryl methyl sites for hydroxylation is 3.